The number of sulfonamides is 1. The van der Waals surface area contributed by atoms with Gasteiger partial charge in [0.1, 0.15) is 11.4 Å². The maximum absolute atomic E-state index is 12.9. The summed E-state index contributed by atoms with van der Waals surface area (Å²) in [6.07, 6.45) is 1.67. The number of amides is 1. The van der Waals surface area contributed by atoms with E-state index in [4.69, 9.17) is 16.3 Å². The van der Waals surface area contributed by atoms with Crippen LogP contribution in [0.25, 0.3) is 0 Å². The summed E-state index contributed by atoms with van der Waals surface area (Å²) in [6.45, 7) is 5.65. The van der Waals surface area contributed by atoms with Crippen molar-refractivity contribution in [3.63, 3.8) is 0 Å². The fraction of sp³-hybridized carbons (Fsp3) is 0.409. The number of benzene rings is 2. The van der Waals surface area contributed by atoms with Crippen LogP contribution in [0, 0.1) is 6.92 Å². The zero-order valence-corrected chi connectivity index (χ0v) is 19.2. The number of halogens is 1. The molecule has 1 amide bonds. The van der Waals surface area contributed by atoms with E-state index in [0.717, 1.165) is 27.4 Å². The maximum Gasteiger partial charge on any atom is 0.235 e. The number of hydrogen-bond donors (Lipinski definition) is 1. The summed E-state index contributed by atoms with van der Waals surface area (Å²) in [6, 6.07) is 12.6. The lowest BCUT2D eigenvalue weighted by Gasteiger charge is -2.38. The van der Waals surface area contributed by atoms with Crippen molar-refractivity contribution in [1.82, 2.24) is 9.62 Å². The maximum atomic E-state index is 12.9. The van der Waals surface area contributed by atoms with Crippen molar-refractivity contribution in [1.29, 1.82) is 0 Å². The van der Waals surface area contributed by atoms with Crippen molar-refractivity contribution in [2.45, 2.75) is 45.4 Å². The van der Waals surface area contributed by atoms with E-state index in [1.807, 2.05) is 39.0 Å². The van der Waals surface area contributed by atoms with Gasteiger partial charge in [0.25, 0.3) is 0 Å². The molecule has 162 valence electrons. The quantitative estimate of drug-likeness (QED) is 0.725. The molecule has 0 radical (unpaired) electrons. The largest absolute Gasteiger partial charge is 0.487 e. The zero-order valence-electron chi connectivity index (χ0n) is 17.6. The van der Waals surface area contributed by atoms with Gasteiger partial charge in [-0.1, -0.05) is 47.5 Å². The van der Waals surface area contributed by atoms with Gasteiger partial charge in [-0.3, -0.25) is 4.79 Å². The van der Waals surface area contributed by atoms with Crippen LogP contribution in [-0.2, 0) is 21.4 Å². The van der Waals surface area contributed by atoms with Crippen LogP contribution in [0.15, 0.2) is 42.5 Å². The van der Waals surface area contributed by atoms with Crippen molar-refractivity contribution in [2.24, 2.45) is 0 Å². The van der Waals surface area contributed by atoms with Crippen LogP contribution < -0.4 is 10.1 Å². The predicted molar refractivity (Wildman–Crippen MR) is 118 cm³/mol. The first-order valence-electron chi connectivity index (χ1n) is 9.72. The molecule has 1 atom stereocenters. The van der Waals surface area contributed by atoms with E-state index >= 15 is 0 Å². The SMILES string of the molecule is Cc1ccc2c(c1)C(NC(=O)CN(Cc1ccccc1Cl)S(C)(=O)=O)CC(C)(C)O2. The highest BCUT2D eigenvalue weighted by Gasteiger charge is 2.35. The minimum Gasteiger partial charge on any atom is -0.487 e. The fourth-order valence-electron chi connectivity index (χ4n) is 3.61. The van der Waals surface area contributed by atoms with Gasteiger partial charge in [0.15, 0.2) is 0 Å². The Morgan fingerprint density at radius 3 is 2.63 bits per heavy atom. The monoisotopic (exact) mass is 450 g/mol. The van der Waals surface area contributed by atoms with Gasteiger partial charge in [0, 0.05) is 23.6 Å². The summed E-state index contributed by atoms with van der Waals surface area (Å²) in [7, 11) is -3.62. The Labute approximate surface area is 183 Å². The highest BCUT2D eigenvalue weighted by Crippen LogP contribution is 2.39. The number of rotatable bonds is 6. The second kappa shape index (κ2) is 8.57. The first-order chi connectivity index (χ1) is 13.9. The van der Waals surface area contributed by atoms with Crippen LogP contribution in [0.5, 0.6) is 5.75 Å². The number of carbonyl (C=O) groups excluding carboxylic acids is 1. The van der Waals surface area contributed by atoms with Gasteiger partial charge < -0.3 is 10.1 Å². The van der Waals surface area contributed by atoms with Crippen molar-refractivity contribution < 1.29 is 17.9 Å². The van der Waals surface area contributed by atoms with Gasteiger partial charge in [-0.2, -0.15) is 4.31 Å². The van der Waals surface area contributed by atoms with Gasteiger partial charge >= 0.3 is 0 Å². The van der Waals surface area contributed by atoms with Crippen molar-refractivity contribution in [3.8, 4) is 5.75 Å². The second-order valence-electron chi connectivity index (χ2n) is 8.35. The van der Waals surface area contributed by atoms with Crippen LogP contribution in [0.3, 0.4) is 0 Å². The van der Waals surface area contributed by atoms with Gasteiger partial charge in [0.05, 0.1) is 18.8 Å². The van der Waals surface area contributed by atoms with E-state index < -0.39 is 15.6 Å². The molecule has 8 heteroatoms. The number of fused-ring (bicyclic) bond motifs is 1. The molecule has 2 aromatic carbocycles. The minimum absolute atomic E-state index is 0.0287. The van der Waals surface area contributed by atoms with E-state index in [0.29, 0.717) is 17.0 Å². The van der Waals surface area contributed by atoms with Crippen LogP contribution in [0.1, 0.15) is 43.0 Å². The zero-order chi connectivity index (χ0) is 22.1. The number of hydrogen-bond acceptors (Lipinski definition) is 4. The molecule has 0 aromatic heterocycles. The van der Waals surface area contributed by atoms with Gasteiger partial charge in [-0.15, -0.1) is 0 Å². The third-order valence-corrected chi connectivity index (χ3v) is 6.62. The Morgan fingerprint density at radius 1 is 1.27 bits per heavy atom. The standard InChI is InChI=1S/C22H27ClN2O4S/c1-15-9-10-20-17(11-15)19(12-22(2,3)29-20)24-21(26)14-25(30(4,27)28)13-16-7-5-6-8-18(16)23/h5-11,19H,12-14H2,1-4H3,(H,24,26). The van der Waals surface area contributed by atoms with E-state index in [9.17, 15) is 13.2 Å². The van der Waals surface area contributed by atoms with Gasteiger partial charge in [-0.25, -0.2) is 8.42 Å². The van der Waals surface area contributed by atoms with Crippen LogP contribution in [0.2, 0.25) is 5.02 Å². The Balaban J connectivity index is 1.79. The molecule has 30 heavy (non-hydrogen) atoms. The predicted octanol–water partition coefficient (Wildman–Crippen LogP) is 3.83. The van der Waals surface area contributed by atoms with E-state index in [2.05, 4.69) is 5.32 Å². The topological polar surface area (TPSA) is 75.7 Å². The second-order valence-corrected chi connectivity index (χ2v) is 10.7. The third kappa shape index (κ3) is 5.53. The van der Waals surface area contributed by atoms with E-state index in [1.54, 1.807) is 24.3 Å². The molecule has 1 N–H and O–H groups in total. The lowest BCUT2D eigenvalue weighted by Crippen LogP contribution is -2.45. The summed E-state index contributed by atoms with van der Waals surface area (Å²) in [5.74, 6) is 0.362. The Bertz CT molecular complexity index is 1050. The van der Waals surface area contributed by atoms with Crippen LogP contribution in [-0.4, -0.2) is 37.0 Å². The number of nitrogens with one attached hydrogen (secondary N) is 1. The fourth-order valence-corrected chi connectivity index (χ4v) is 4.53. The highest BCUT2D eigenvalue weighted by atomic mass is 35.5. The van der Waals surface area contributed by atoms with Gasteiger partial charge in [0.2, 0.25) is 15.9 Å². The lowest BCUT2D eigenvalue weighted by atomic mass is 9.89. The number of ether oxygens (including phenoxy) is 1. The van der Waals surface area contributed by atoms with Crippen molar-refractivity contribution in [2.75, 3.05) is 12.8 Å². The molecule has 0 bridgehead atoms. The third-order valence-electron chi connectivity index (χ3n) is 5.05. The number of nitrogens with zero attached hydrogens (tertiary/aromatic N) is 1. The average Bonchev–Trinajstić information content (AvgIpc) is 2.62. The summed E-state index contributed by atoms with van der Waals surface area (Å²) >= 11 is 6.18. The molecule has 0 saturated carbocycles. The summed E-state index contributed by atoms with van der Waals surface area (Å²) in [5.41, 5.74) is 2.16. The Kier molecular flexibility index (Phi) is 6.45. The molecule has 6 nitrogen and oxygen atoms in total. The number of carbonyl (C=O) groups is 1. The molecule has 0 spiro atoms. The lowest BCUT2D eigenvalue weighted by molar-refractivity contribution is -0.122. The Hall–Kier alpha value is -2.09. The minimum atomic E-state index is -3.62. The summed E-state index contributed by atoms with van der Waals surface area (Å²) in [5, 5.41) is 3.46. The molecule has 1 unspecified atom stereocenters. The van der Waals surface area contributed by atoms with Crippen LogP contribution in [0.4, 0.5) is 0 Å². The molecule has 1 heterocycles. The van der Waals surface area contributed by atoms with Crippen molar-refractivity contribution >= 4 is 27.5 Å². The van der Waals surface area contributed by atoms with Gasteiger partial charge in [-0.05, 0) is 38.5 Å². The van der Waals surface area contributed by atoms with E-state index in [-0.39, 0.29) is 25.0 Å². The normalized spacial score (nSPS) is 17.9. The van der Waals surface area contributed by atoms with Crippen molar-refractivity contribution in [3.05, 3.63) is 64.2 Å². The summed E-state index contributed by atoms with van der Waals surface area (Å²) in [4.78, 5) is 12.9. The first-order valence-corrected chi connectivity index (χ1v) is 11.9. The molecule has 3 rings (SSSR count). The van der Waals surface area contributed by atoms with Crippen LogP contribution >= 0.6 is 11.6 Å². The Morgan fingerprint density at radius 2 is 1.97 bits per heavy atom. The molecule has 0 saturated heterocycles. The molecule has 1 aliphatic rings. The smallest absolute Gasteiger partial charge is 0.235 e. The molecular weight excluding hydrogens is 424 g/mol. The highest BCUT2D eigenvalue weighted by molar-refractivity contribution is 7.88. The first kappa shape index (κ1) is 22.6. The average molecular weight is 451 g/mol. The van der Waals surface area contributed by atoms with E-state index in [1.165, 1.54) is 0 Å². The summed E-state index contributed by atoms with van der Waals surface area (Å²) < 4.78 is 31.8. The molecule has 2 aromatic rings. The molecule has 1 aliphatic heterocycles. The molecular formula is C22H27ClN2O4S. The molecule has 0 aliphatic carbocycles. The number of aryl methyl sites for hydroxylation is 1. The molecule has 0 fully saturated rings.